The molecule has 0 aromatic carbocycles. The highest BCUT2D eigenvalue weighted by Gasteiger charge is 2.32. The molecule has 1 atom stereocenters. The van der Waals surface area contributed by atoms with Crippen molar-refractivity contribution >= 4 is 11.6 Å². The fourth-order valence-corrected chi connectivity index (χ4v) is 2.99. The molecule has 0 bridgehead atoms. The Morgan fingerprint density at radius 3 is 2.55 bits per heavy atom. The van der Waals surface area contributed by atoms with E-state index in [1.807, 2.05) is 25.3 Å². The van der Waals surface area contributed by atoms with E-state index in [-0.39, 0.29) is 16.8 Å². The summed E-state index contributed by atoms with van der Waals surface area (Å²) in [5.74, 6) is 1.83. The fourth-order valence-electron chi connectivity index (χ4n) is 2.99. The Morgan fingerprint density at radius 2 is 2.10 bits per heavy atom. The van der Waals surface area contributed by atoms with Gasteiger partial charge in [-0.1, -0.05) is 0 Å². The van der Waals surface area contributed by atoms with Crippen LogP contribution in [0, 0.1) is 23.0 Å². The first-order valence-corrected chi connectivity index (χ1v) is 7.17. The molecule has 2 rings (SSSR count). The van der Waals surface area contributed by atoms with E-state index >= 15 is 0 Å². The predicted molar refractivity (Wildman–Crippen MR) is 77.9 cm³/mol. The number of hydrogen-bond donors (Lipinski definition) is 1. The van der Waals surface area contributed by atoms with Gasteiger partial charge in [-0.2, -0.15) is 0 Å². The van der Waals surface area contributed by atoms with E-state index in [9.17, 15) is 10.1 Å². The zero-order chi connectivity index (χ0) is 14.9. The number of rotatable bonds is 4. The Kier molecular flexibility index (Phi) is 4.27. The number of piperidine rings is 1. The van der Waals surface area contributed by atoms with Crippen molar-refractivity contribution in [3.05, 3.63) is 15.9 Å². The normalized spacial score (nSPS) is 18.3. The molecule has 1 aromatic rings. The summed E-state index contributed by atoms with van der Waals surface area (Å²) in [6.45, 7) is 8.13. The number of aromatic nitrogens is 2. The van der Waals surface area contributed by atoms with E-state index in [1.165, 1.54) is 0 Å². The van der Waals surface area contributed by atoms with Gasteiger partial charge in [0.25, 0.3) is 0 Å². The van der Waals surface area contributed by atoms with Gasteiger partial charge in [-0.25, -0.2) is 0 Å². The van der Waals surface area contributed by atoms with E-state index in [1.54, 1.807) is 0 Å². The summed E-state index contributed by atoms with van der Waals surface area (Å²) in [4.78, 5) is 17.0. The zero-order valence-corrected chi connectivity index (χ0v) is 12.4. The van der Waals surface area contributed by atoms with Crippen LogP contribution in [0.3, 0.4) is 0 Å². The van der Waals surface area contributed by atoms with Gasteiger partial charge in [0.15, 0.2) is 0 Å². The summed E-state index contributed by atoms with van der Waals surface area (Å²) < 4.78 is 1.92. The summed E-state index contributed by atoms with van der Waals surface area (Å²) >= 11 is 0. The maximum Gasteiger partial charge on any atom is 0.406 e. The Hall–Kier alpha value is -1.63. The largest absolute Gasteiger partial charge is 0.406 e. The number of aryl methyl sites for hydroxylation is 1. The lowest BCUT2D eigenvalue weighted by atomic mass is 9.91. The number of imidazole rings is 1. The van der Waals surface area contributed by atoms with E-state index in [4.69, 9.17) is 5.73 Å². The highest BCUT2D eigenvalue weighted by atomic mass is 16.6. The third-order valence-corrected chi connectivity index (χ3v) is 4.19. The Balaban J connectivity index is 2.27. The SMILES string of the molecule is CCn1c(C)nc([N+](=O)[O-])c1N1CCC(C(C)N)CC1. The quantitative estimate of drug-likeness (QED) is 0.670. The highest BCUT2D eigenvalue weighted by molar-refractivity contribution is 5.56. The molecule has 1 unspecified atom stereocenters. The minimum Gasteiger partial charge on any atom is -0.358 e. The number of hydrogen-bond acceptors (Lipinski definition) is 5. The van der Waals surface area contributed by atoms with Crippen LogP contribution in [0.1, 0.15) is 32.5 Å². The predicted octanol–water partition coefficient (Wildman–Crippen LogP) is 1.68. The molecule has 0 saturated carbocycles. The molecule has 2 N–H and O–H groups in total. The standard InChI is InChI=1S/C13H23N5O2/c1-4-17-10(3)15-12(18(19)20)13(17)16-7-5-11(6-8-16)9(2)14/h9,11H,4-8,14H2,1-3H3. The molecule has 0 amide bonds. The summed E-state index contributed by atoms with van der Waals surface area (Å²) in [5.41, 5.74) is 5.95. The molecule has 0 aliphatic carbocycles. The van der Waals surface area contributed by atoms with Crippen LogP contribution in [0.4, 0.5) is 11.6 Å². The minimum atomic E-state index is -0.383. The summed E-state index contributed by atoms with van der Waals surface area (Å²) in [5, 5.41) is 11.2. The zero-order valence-electron chi connectivity index (χ0n) is 12.4. The lowest BCUT2D eigenvalue weighted by Crippen LogP contribution is -2.40. The van der Waals surface area contributed by atoms with Crippen LogP contribution in [0.5, 0.6) is 0 Å². The molecule has 1 aliphatic rings. The topological polar surface area (TPSA) is 90.2 Å². The van der Waals surface area contributed by atoms with Crippen LogP contribution in [-0.4, -0.2) is 33.6 Å². The molecule has 2 heterocycles. The smallest absolute Gasteiger partial charge is 0.358 e. The molecule has 7 heteroatoms. The van der Waals surface area contributed by atoms with Crippen molar-refractivity contribution in [3.63, 3.8) is 0 Å². The first-order valence-electron chi connectivity index (χ1n) is 7.17. The van der Waals surface area contributed by atoms with Crippen molar-refractivity contribution in [1.82, 2.24) is 9.55 Å². The van der Waals surface area contributed by atoms with Gasteiger partial charge in [-0.05, 0) is 42.5 Å². The van der Waals surface area contributed by atoms with Gasteiger partial charge in [0.2, 0.25) is 11.6 Å². The van der Waals surface area contributed by atoms with Gasteiger partial charge < -0.3 is 20.7 Å². The molecule has 1 aromatic heterocycles. The molecule has 7 nitrogen and oxygen atoms in total. The molecular weight excluding hydrogens is 258 g/mol. The first-order chi connectivity index (χ1) is 9.45. The van der Waals surface area contributed by atoms with Gasteiger partial charge in [0.1, 0.15) is 0 Å². The van der Waals surface area contributed by atoms with Crippen LogP contribution < -0.4 is 10.6 Å². The molecular formula is C13H23N5O2. The van der Waals surface area contributed by atoms with Crippen molar-refractivity contribution in [2.24, 2.45) is 11.7 Å². The summed E-state index contributed by atoms with van der Waals surface area (Å²) in [7, 11) is 0. The molecule has 1 aliphatic heterocycles. The van der Waals surface area contributed by atoms with E-state index in [0.29, 0.717) is 24.1 Å². The van der Waals surface area contributed by atoms with Crippen molar-refractivity contribution in [3.8, 4) is 0 Å². The number of nitrogens with two attached hydrogens (primary N) is 1. The molecule has 0 spiro atoms. The third kappa shape index (κ3) is 2.63. The maximum atomic E-state index is 11.2. The van der Waals surface area contributed by atoms with Gasteiger partial charge >= 0.3 is 5.82 Å². The van der Waals surface area contributed by atoms with E-state index < -0.39 is 0 Å². The second-order valence-corrected chi connectivity index (χ2v) is 5.49. The van der Waals surface area contributed by atoms with Crippen LogP contribution in [0.2, 0.25) is 0 Å². The molecule has 0 radical (unpaired) electrons. The average molecular weight is 281 g/mol. The Bertz CT molecular complexity index is 489. The van der Waals surface area contributed by atoms with Gasteiger partial charge in [0, 0.05) is 32.6 Å². The molecule has 20 heavy (non-hydrogen) atoms. The van der Waals surface area contributed by atoms with Crippen LogP contribution >= 0.6 is 0 Å². The maximum absolute atomic E-state index is 11.2. The fraction of sp³-hybridized carbons (Fsp3) is 0.769. The van der Waals surface area contributed by atoms with Crippen molar-refractivity contribution in [2.45, 2.75) is 46.2 Å². The molecule has 1 fully saturated rings. The van der Waals surface area contributed by atoms with E-state index in [2.05, 4.69) is 9.88 Å². The average Bonchev–Trinajstić information content (AvgIpc) is 2.75. The Labute approximate surface area is 118 Å². The third-order valence-electron chi connectivity index (χ3n) is 4.19. The Morgan fingerprint density at radius 1 is 1.50 bits per heavy atom. The van der Waals surface area contributed by atoms with Crippen molar-refractivity contribution in [1.29, 1.82) is 0 Å². The monoisotopic (exact) mass is 281 g/mol. The summed E-state index contributed by atoms with van der Waals surface area (Å²) in [6, 6.07) is 0.185. The van der Waals surface area contributed by atoms with Crippen molar-refractivity contribution in [2.75, 3.05) is 18.0 Å². The molecule has 112 valence electrons. The second kappa shape index (κ2) is 5.78. The van der Waals surface area contributed by atoms with Gasteiger partial charge in [0.05, 0.1) is 0 Å². The summed E-state index contributed by atoms with van der Waals surface area (Å²) in [6.07, 6.45) is 1.95. The number of nitrogens with zero attached hydrogens (tertiary/aromatic N) is 4. The minimum absolute atomic E-state index is 0.0244. The van der Waals surface area contributed by atoms with Gasteiger partial charge in [-0.15, -0.1) is 0 Å². The number of anilines is 1. The van der Waals surface area contributed by atoms with Gasteiger partial charge in [-0.3, -0.25) is 4.57 Å². The number of nitro groups is 1. The van der Waals surface area contributed by atoms with Crippen LogP contribution in [0.25, 0.3) is 0 Å². The van der Waals surface area contributed by atoms with Crippen molar-refractivity contribution < 1.29 is 4.92 Å². The molecule has 1 saturated heterocycles. The van der Waals surface area contributed by atoms with E-state index in [0.717, 1.165) is 25.9 Å². The lowest BCUT2D eigenvalue weighted by Gasteiger charge is -2.34. The first kappa shape index (κ1) is 14.8. The second-order valence-electron chi connectivity index (χ2n) is 5.49. The van der Waals surface area contributed by atoms with Crippen LogP contribution in [0.15, 0.2) is 0 Å². The highest BCUT2D eigenvalue weighted by Crippen LogP contribution is 2.32. The lowest BCUT2D eigenvalue weighted by molar-refractivity contribution is -0.388. The van der Waals surface area contributed by atoms with Crippen LogP contribution in [-0.2, 0) is 6.54 Å².